The van der Waals surface area contributed by atoms with Gasteiger partial charge in [0.15, 0.2) is 0 Å². The highest BCUT2D eigenvalue weighted by Gasteiger charge is 2.40. The van der Waals surface area contributed by atoms with Crippen molar-refractivity contribution in [2.45, 2.75) is 23.5 Å². The van der Waals surface area contributed by atoms with Crippen LogP contribution in [0.4, 0.5) is 11.4 Å². The summed E-state index contributed by atoms with van der Waals surface area (Å²) in [5.74, 6) is -0.566. The first-order chi connectivity index (χ1) is 14.5. The molecule has 1 N–H and O–H groups in total. The van der Waals surface area contributed by atoms with Crippen molar-refractivity contribution in [3.63, 3.8) is 0 Å². The fourth-order valence-corrected chi connectivity index (χ4v) is 4.29. The third kappa shape index (κ3) is 4.28. The van der Waals surface area contributed by atoms with Crippen molar-refractivity contribution in [1.82, 2.24) is 0 Å². The topological polar surface area (TPSA) is 66.5 Å². The Balaban J connectivity index is 1.40. The van der Waals surface area contributed by atoms with Crippen LogP contribution in [0.3, 0.4) is 0 Å². The molecule has 6 heteroatoms. The fourth-order valence-electron chi connectivity index (χ4n) is 3.23. The maximum absolute atomic E-state index is 12.7. The van der Waals surface area contributed by atoms with E-state index >= 15 is 0 Å². The average Bonchev–Trinajstić information content (AvgIpc) is 3.03. The van der Waals surface area contributed by atoms with Crippen LogP contribution in [0, 0.1) is 6.92 Å². The molecule has 0 aromatic heterocycles. The summed E-state index contributed by atoms with van der Waals surface area (Å²) < 4.78 is 0. The third-order valence-electron chi connectivity index (χ3n) is 4.82. The molecular formula is C24H20N2O3S. The van der Waals surface area contributed by atoms with Crippen LogP contribution in [0.2, 0.25) is 0 Å². The van der Waals surface area contributed by atoms with E-state index in [2.05, 4.69) is 5.32 Å². The van der Waals surface area contributed by atoms with Gasteiger partial charge in [-0.3, -0.25) is 14.4 Å². The highest BCUT2D eigenvalue weighted by molar-refractivity contribution is 8.00. The minimum Gasteiger partial charge on any atom is -0.322 e. The molecule has 3 aromatic carbocycles. The second-order valence-corrected chi connectivity index (χ2v) is 8.33. The van der Waals surface area contributed by atoms with E-state index in [1.807, 2.05) is 37.3 Å². The van der Waals surface area contributed by atoms with Crippen molar-refractivity contribution in [3.05, 3.63) is 90.0 Å². The van der Waals surface area contributed by atoms with E-state index in [1.54, 1.807) is 48.5 Å². The molecule has 30 heavy (non-hydrogen) atoms. The van der Waals surface area contributed by atoms with Gasteiger partial charge in [-0.15, -0.1) is 11.8 Å². The molecule has 1 fully saturated rings. The van der Waals surface area contributed by atoms with Gasteiger partial charge >= 0.3 is 0 Å². The van der Waals surface area contributed by atoms with Crippen LogP contribution in [-0.4, -0.2) is 23.0 Å². The molecule has 150 valence electrons. The second kappa shape index (κ2) is 8.55. The molecule has 1 aliphatic heterocycles. The van der Waals surface area contributed by atoms with Crippen molar-refractivity contribution in [2.24, 2.45) is 0 Å². The van der Waals surface area contributed by atoms with Gasteiger partial charge in [0.1, 0.15) is 0 Å². The van der Waals surface area contributed by atoms with Gasteiger partial charge in [-0.05, 0) is 55.5 Å². The molecule has 4 rings (SSSR count). The zero-order chi connectivity index (χ0) is 21.1. The summed E-state index contributed by atoms with van der Waals surface area (Å²) in [7, 11) is 0. The second-order valence-electron chi connectivity index (χ2n) is 7.06. The highest BCUT2D eigenvalue weighted by Crippen LogP contribution is 2.34. The minimum atomic E-state index is -0.453. The normalized spacial score (nSPS) is 16.0. The number of rotatable bonds is 5. The number of hydrogen-bond donors (Lipinski definition) is 1. The zero-order valence-corrected chi connectivity index (χ0v) is 17.2. The van der Waals surface area contributed by atoms with Gasteiger partial charge in [0, 0.05) is 22.6 Å². The first-order valence-corrected chi connectivity index (χ1v) is 10.5. The van der Waals surface area contributed by atoms with Crippen molar-refractivity contribution < 1.29 is 14.4 Å². The standard InChI is InChI=1S/C24H20N2O3S/c1-16-7-9-17(10-8-16)23(28)25-18-11-13-20(14-12-18)30-21-15-22(27)26(24(21)29)19-5-3-2-4-6-19/h2-14,21H,15H2,1H3,(H,25,28). The van der Waals surface area contributed by atoms with Gasteiger partial charge in [0.25, 0.3) is 5.91 Å². The van der Waals surface area contributed by atoms with E-state index in [0.29, 0.717) is 16.9 Å². The van der Waals surface area contributed by atoms with Gasteiger partial charge in [-0.1, -0.05) is 35.9 Å². The smallest absolute Gasteiger partial charge is 0.255 e. The predicted octanol–water partition coefficient (Wildman–Crippen LogP) is 4.67. The van der Waals surface area contributed by atoms with Gasteiger partial charge in [0.2, 0.25) is 11.8 Å². The Labute approximate surface area is 179 Å². The molecule has 0 radical (unpaired) electrons. The highest BCUT2D eigenvalue weighted by atomic mass is 32.2. The maximum Gasteiger partial charge on any atom is 0.255 e. The Bertz CT molecular complexity index is 1080. The van der Waals surface area contributed by atoms with E-state index in [1.165, 1.54) is 16.7 Å². The number of carbonyl (C=O) groups is 3. The molecule has 1 aliphatic rings. The number of aryl methyl sites for hydroxylation is 1. The molecule has 5 nitrogen and oxygen atoms in total. The van der Waals surface area contributed by atoms with E-state index in [-0.39, 0.29) is 24.1 Å². The number of imide groups is 1. The summed E-state index contributed by atoms with van der Waals surface area (Å²) in [4.78, 5) is 39.6. The molecule has 1 atom stereocenters. The molecule has 1 unspecified atom stereocenters. The van der Waals surface area contributed by atoms with Crippen molar-refractivity contribution in [3.8, 4) is 0 Å². The molecule has 1 heterocycles. The number of nitrogens with zero attached hydrogens (tertiary/aromatic N) is 1. The Morgan fingerprint density at radius 3 is 2.27 bits per heavy atom. The number of amides is 3. The van der Waals surface area contributed by atoms with E-state index < -0.39 is 5.25 Å². The van der Waals surface area contributed by atoms with Crippen LogP contribution in [-0.2, 0) is 9.59 Å². The maximum atomic E-state index is 12.7. The van der Waals surface area contributed by atoms with Gasteiger partial charge in [-0.2, -0.15) is 0 Å². The number of nitrogens with one attached hydrogen (secondary N) is 1. The lowest BCUT2D eigenvalue weighted by molar-refractivity contribution is -0.121. The summed E-state index contributed by atoms with van der Waals surface area (Å²) in [5, 5.41) is 2.41. The molecule has 3 amide bonds. The van der Waals surface area contributed by atoms with Crippen molar-refractivity contribution >= 4 is 40.9 Å². The van der Waals surface area contributed by atoms with Crippen LogP contribution in [0.1, 0.15) is 22.3 Å². The SMILES string of the molecule is Cc1ccc(C(=O)Nc2ccc(SC3CC(=O)N(c4ccccc4)C3=O)cc2)cc1. The Morgan fingerprint density at radius 1 is 0.933 bits per heavy atom. The summed E-state index contributed by atoms with van der Waals surface area (Å²) >= 11 is 1.36. The van der Waals surface area contributed by atoms with Crippen LogP contribution in [0.25, 0.3) is 0 Å². The van der Waals surface area contributed by atoms with Crippen molar-refractivity contribution in [2.75, 3.05) is 10.2 Å². The molecule has 0 aliphatic carbocycles. The fraction of sp³-hybridized carbons (Fsp3) is 0.125. The average molecular weight is 417 g/mol. The van der Waals surface area contributed by atoms with E-state index in [0.717, 1.165) is 10.5 Å². The Morgan fingerprint density at radius 2 is 1.60 bits per heavy atom. The van der Waals surface area contributed by atoms with Crippen LogP contribution < -0.4 is 10.2 Å². The molecule has 0 spiro atoms. The molecule has 0 bridgehead atoms. The first-order valence-electron chi connectivity index (χ1n) is 9.58. The number of para-hydroxylation sites is 1. The molecule has 0 saturated carbocycles. The van der Waals surface area contributed by atoms with Crippen LogP contribution in [0.15, 0.2) is 83.8 Å². The number of benzene rings is 3. The monoisotopic (exact) mass is 416 g/mol. The van der Waals surface area contributed by atoms with Gasteiger partial charge in [0.05, 0.1) is 10.9 Å². The Kier molecular flexibility index (Phi) is 5.68. The summed E-state index contributed by atoms with van der Waals surface area (Å²) in [6.07, 6.45) is 0.171. The van der Waals surface area contributed by atoms with Gasteiger partial charge < -0.3 is 5.32 Å². The largest absolute Gasteiger partial charge is 0.322 e. The lowest BCUT2D eigenvalue weighted by atomic mass is 10.1. The molecular weight excluding hydrogens is 396 g/mol. The van der Waals surface area contributed by atoms with Gasteiger partial charge in [-0.25, -0.2) is 4.90 Å². The number of hydrogen-bond acceptors (Lipinski definition) is 4. The molecule has 1 saturated heterocycles. The predicted molar refractivity (Wildman–Crippen MR) is 119 cm³/mol. The Hall–Kier alpha value is -3.38. The summed E-state index contributed by atoms with van der Waals surface area (Å²) in [5.41, 5.74) is 2.96. The summed E-state index contributed by atoms with van der Waals surface area (Å²) in [6.45, 7) is 1.97. The van der Waals surface area contributed by atoms with Crippen LogP contribution in [0.5, 0.6) is 0 Å². The summed E-state index contributed by atoms with van der Waals surface area (Å²) in [6, 6.07) is 23.6. The zero-order valence-electron chi connectivity index (χ0n) is 16.4. The first kappa shape index (κ1) is 19.9. The third-order valence-corrected chi connectivity index (χ3v) is 6.02. The van der Waals surface area contributed by atoms with E-state index in [4.69, 9.17) is 0 Å². The molecule has 3 aromatic rings. The number of carbonyl (C=O) groups excluding carboxylic acids is 3. The minimum absolute atomic E-state index is 0.171. The number of anilines is 2. The van der Waals surface area contributed by atoms with E-state index in [9.17, 15) is 14.4 Å². The quantitative estimate of drug-likeness (QED) is 0.614. The lowest BCUT2D eigenvalue weighted by Gasteiger charge is -2.14. The van der Waals surface area contributed by atoms with Crippen LogP contribution >= 0.6 is 11.8 Å². The van der Waals surface area contributed by atoms with Crippen molar-refractivity contribution in [1.29, 1.82) is 0 Å². The number of thioether (sulfide) groups is 1. The lowest BCUT2D eigenvalue weighted by Crippen LogP contribution is -2.30.